The molecule has 19 heavy (non-hydrogen) atoms. The first-order chi connectivity index (χ1) is 8.77. The second-order valence-corrected chi connectivity index (χ2v) is 6.07. The van der Waals surface area contributed by atoms with Crippen LogP contribution in [-0.2, 0) is 14.8 Å². The smallest absolute Gasteiger partial charge is 0.324 e. The van der Waals surface area contributed by atoms with Crippen LogP contribution in [0.25, 0.3) is 0 Å². The van der Waals surface area contributed by atoms with Gasteiger partial charge in [0.2, 0.25) is 10.0 Å². The zero-order valence-electron chi connectivity index (χ0n) is 9.69. The number of nitrogens with one attached hydrogen (secondary N) is 1. The summed E-state index contributed by atoms with van der Waals surface area (Å²) in [7, 11) is -4.42. The van der Waals surface area contributed by atoms with E-state index in [1.54, 1.807) is 0 Å². The van der Waals surface area contributed by atoms with Gasteiger partial charge in [-0.1, -0.05) is 0 Å². The Morgan fingerprint density at radius 3 is 2.42 bits per heavy atom. The molecule has 0 spiro atoms. The molecule has 2 rings (SSSR count). The maximum atomic E-state index is 13.4. The summed E-state index contributed by atoms with van der Waals surface area (Å²) >= 11 is 0. The first-order valence-electron chi connectivity index (χ1n) is 5.49. The average molecular weight is 291 g/mol. The van der Waals surface area contributed by atoms with Gasteiger partial charge in [0.1, 0.15) is 22.1 Å². The van der Waals surface area contributed by atoms with E-state index in [9.17, 15) is 22.0 Å². The molecule has 0 bridgehead atoms. The molecule has 2 N–H and O–H groups in total. The molecule has 1 fully saturated rings. The van der Waals surface area contributed by atoms with E-state index >= 15 is 0 Å². The average Bonchev–Trinajstić information content (AvgIpc) is 2.26. The molecular formula is C11H11F2NO4S. The van der Waals surface area contributed by atoms with Gasteiger partial charge in [0, 0.05) is 0 Å². The highest BCUT2D eigenvalue weighted by Gasteiger charge is 2.48. The Bertz CT molecular complexity index is 626. The number of halogens is 2. The number of benzene rings is 1. The molecular weight excluding hydrogens is 280 g/mol. The fourth-order valence-corrected chi connectivity index (χ4v) is 3.39. The van der Waals surface area contributed by atoms with Crippen molar-refractivity contribution >= 4 is 16.0 Å². The van der Waals surface area contributed by atoms with Crippen LogP contribution in [0.3, 0.4) is 0 Å². The van der Waals surface area contributed by atoms with Gasteiger partial charge >= 0.3 is 5.97 Å². The van der Waals surface area contributed by atoms with Crippen LogP contribution in [0.5, 0.6) is 0 Å². The molecule has 0 aromatic heterocycles. The highest BCUT2D eigenvalue weighted by Crippen LogP contribution is 2.34. The van der Waals surface area contributed by atoms with Crippen molar-refractivity contribution in [3.8, 4) is 0 Å². The highest BCUT2D eigenvalue weighted by molar-refractivity contribution is 7.89. The van der Waals surface area contributed by atoms with E-state index in [2.05, 4.69) is 0 Å². The van der Waals surface area contributed by atoms with Crippen LogP contribution in [0.2, 0.25) is 0 Å². The quantitative estimate of drug-likeness (QED) is 0.874. The Labute approximate surface area is 108 Å². The molecule has 0 heterocycles. The van der Waals surface area contributed by atoms with Gasteiger partial charge in [-0.2, -0.15) is 4.72 Å². The zero-order chi connectivity index (χ0) is 14.3. The van der Waals surface area contributed by atoms with E-state index in [0.29, 0.717) is 18.6 Å². The number of aliphatic carboxylic acids is 1. The molecule has 1 aromatic rings. The van der Waals surface area contributed by atoms with Gasteiger partial charge in [0.05, 0.1) is 0 Å². The molecule has 104 valence electrons. The third kappa shape index (κ3) is 2.45. The largest absolute Gasteiger partial charge is 0.480 e. The van der Waals surface area contributed by atoms with Crippen LogP contribution in [0.15, 0.2) is 23.1 Å². The predicted octanol–water partition coefficient (Wildman–Crippen LogP) is 1.25. The molecule has 5 nitrogen and oxygen atoms in total. The molecule has 0 unspecified atom stereocenters. The second kappa shape index (κ2) is 4.53. The monoisotopic (exact) mass is 291 g/mol. The van der Waals surface area contributed by atoms with E-state index < -0.39 is 38.1 Å². The van der Waals surface area contributed by atoms with Crippen molar-refractivity contribution in [2.75, 3.05) is 0 Å². The predicted molar refractivity (Wildman–Crippen MR) is 60.9 cm³/mol. The van der Waals surface area contributed by atoms with Crippen molar-refractivity contribution in [3.05, 3.63) is 29.8 Å². The van der Waals surface area contributed by atoms with Crippen molar-refractivity contribution in [2.45, 2.75) is 29.7 Å². The number of hydrogen-bond acceptors (Lipinski definition) is 3. The number of carboxylic acids is 1. The normalized spacial score (nSPS) is 17.8. The molecule has 1 saturated carbocycles. The van der Waals surface area contributed by atoms with E-state index in [4.69, 9.17) is 5.11 Å². The summed E-state index contributed by atoms with van der Waals surface area (Å²) in [5, 5.41) is 9.02. The minimum absolute atomic E-state index is 0.124. The molecule has 8 heteroatoms. The number of rotatable bonds is 4. The van der Waals surface area contributed by atoms with E-state index in [-0.39, 0.29) is 12.8 Å². The van der Waals surface area contributed by atoms with Gasteiger partial charge in [-0.05, 0) is 37.5 Å². The van der Waals surface area contributed by atoms with Crippen LogP contribution in [0, 0.1) is 11.6 Å². The molecule has 0 aliphatic heterocycles. The van der Waals surface area contributed by atoms with Crippen LogP contribution in [0.1, 0.15) is 19.3 Å². The lowest BCUT2D eigenvalue weighted by molar-refractivity contribution is -0.147. The molecule has 1 aromatic carbocycles. The summed E-state index contributed by atoms with van der Waals surface area (Å²) in [4.78, 5) is 10.2. The molecule has 1 aliphatic rings. The summed E-state index contributed by atoms with van der Waals surface area (Å²) < 4.78 is 52.2. The molecule has 0 amide bonds. The molecule has 0 radical (unpaired) electrons. The Morgan fingerprint density at radius 2 is 1.95 bits per heavy atom. The lowest BCUT2D eigenvalue weighted by Crippen LogP contribution is -2.59. The molecule has 0 atom stereocenters. The van der Waals surface area contributed by atoms with Gasteiger partial charge in [-0.25, -0.2) is 17.2 Å². The van der Waals surface area contributed by atoms with Gasteiger partial charge in [-0.15, -0.1) is 0 Å². The maximum absolute atomic E-state index is 13.4. The Kier molecular flexibility index (Phi) is 3.31. The summed E-state index contributed by atoms with van der Waals surface area (Å²) in [6, 6.07) is 1.98. The van der Waals surface area contributed by atoms with Crippen molar-refractivity contribution < 1.29 is 27.1 Å². The fraction of sp³-hybridized carbons (Fsp3) is 0.364. The van der Waals surface area contributed by atoms with Crippen molar-refractivity contribution in [3.63, 3.8) is 0 Å². The van der Waals surface area contributed by atoms with E-state index in [0.717, 1.165) is 6.07 Å². The lowest BCUT2D eigenvalue weighted by atomic mass is 9.78. The Hall–Kier alpha value is -1.54. The third-order valence-electron chi connectivity index (χ3n) is 3.13. The highest BCUT2D eigenvalue weighted by atomic mass is 32.2. The van der Waals surface area contributed by atoms with Gasteiger partial charge in [0.15, 0.2) is 0 Å². The summed E-state index contributed by atoms with van der Waals surface area (Å²) in [5.41, 5.74) is -1.61. The van der Waals surface area contributed by atoms with Crippen LogP contribution in [0.4, 0.5) is 8.78 Å². The molecule has 1 aliphatic carbocycles. The first kappa shape index (κ1) is 13.9. The Morgan fingerprint density at radius 1 is 1.32 bits per heavy atom. The summed E-state index contributed by atoms with van der Waals surface area (Å²) in [6.45, 7) is 0. The first-order valence-corrected chi connectivity index (χ1v) is 6.98. The SMILES string of the molecule is O=C(O)C1(NS(=O)(=O)c2cc(F)ccc2F)CCC1. The van der Waals surface area contributed by atoms with Gasteiger partial charge in [-0.3, -0.25) is 4.79 Å². The number of sulfonamides is 1. The maximum Gasteiger partial charge on any atom is 0.324 e. The second-order valence-electron chi connectivity index (χ2n) is 4.42. The Balaban J connectivity index is 2.38. The fourth-order valence-electron chi connectivity index (χ4n) is 1.89. The van der Waals surface area contributed by atoms with Crippen molar-refractivity contribution in [1.82, 2.24) is 4.72 Å². The van der Waals surface area contributed by atoms with E-state index in [1.165, 1.54) is 0 Å². The molecule has 0 saturated heterocycles. The third-order valence-corrected chi connectivity index (χ3v) is 4.68. The van der Waals surface area contributed by atoms with Gasteiger partial charge < -0.3 is 5.11 Å². The van der Waals surface area contributed by atoms with Crippen molar-refractivity contribution in [2.24, 2.45) is 0 Å². The van der Waals surface area contributed by atoms with Crippen molar-refractivity contribution in [1.29, 1.82) is 0 Å². The van der Waals surface area contributed by atoms with Gasteiger partial charge in [0.25, 0.3) is 0 Å². The minimum Gasteiger partial charge on any atom is -0.480 e. The number of carbonyl (C=O) groups is 1. The summed E-state index contributed by atoms with van der Waals surface area (Å²) in [6.07, 6.45) is 0.803. The lowest BCUT2D eigenvalue weighted by Gasteiger charge is -2.37. The zero-order valence-corrected chi connectivity index (χ0v) is 10.5. The number of hydrogen-bond donors (Lipinski definition) is 2. The minimum atomic E-state index is -4.42. The van der Waals surface area contributed by atoms with Crippen LogP contribution >= 0.6 is 0 Å². The van der Waals surface area contributed by atoms with Crippen LogP contribution in [-0.4, -0.2) is 25.0 Å². The van der Waals surface area contributed by atoms with Crippen LogP contribution < -0.4 is 4.72 Å². The standard InChI is InChI=1S/C11H11F2NO4S/c12-7-2-3-8(13)9(6-7)19(17,18)14-11(10(15)16)4-1-5-11/h2-3,6,14H,1,4-5H2,(H,15,16). The number of carboxylic acid groups (broad SMARTS) is 1. The van der Waals surface area contributed by atoms with E-state index in [1.807, 2.05) is 4.72 Å². The summed E-state index contributed by atoms with van der Waals surface area (Å²) in [5.74, 6) is -3.37. The topological polar surface area (TPSA) is 83.5 Å².